The molecule has 4 rings (SSSR count). The molecule has 0 aromatic rings. The number of ether oxygens (including phenoxy) is 5. The summed E-state index contributed by atoms with van der Waals surface area (Å²) in [4.78, 5) is 95.6. The monoisotopic (exact) mass is 998 g/mol. The molecule has 1 aliphatic carbocycles. The van der Waals surface area contributed by atoms with E-state index in [9.17, 15) is 43.8 Å². The lowest BCUT2D eigenvalue weighted by molar-refractivity contribution is -0.265. The molecule has 4 aliphatic rings. The minimum absolute atomic E-state index is 0.00848. The highest BCUT2D eigenvalue weighted by atomic mass is 16.6. The number of aliphatic hydroxyl groups is 2. The maximum atomic E-state index is 14.5. The van der Waals surface area contributed by atoms with E-state index >= 15 is 0 Å². The molecule has 1 saturated carbocycles. The first-order chi connectivity index (χ1) is 33.5. The topological polar surface area (TPSA) is 230 Å². The van der Waals surface area contributed by atoms with Crippen LogP contribution >= 0.6 is 0 Å². The van der Waals surface area contributed by atoms with Gasteiger partial charge in [-0.1, -0.05) is 78.0 Å². The Morgan fingerprint density at radius 1 is 0.859 bits per heavy atom. The number of rotatable bonds is 9. The second kappa shape index (κ2) is 27.6. The van der Waals surface area contributed by atoms with Gasteiger partial charge in [-0.2, -0.15) is 0 Å². The molecule has 16 heteroatoms. The van der Waals surface area contributed by atoms with Gasteiger partial charge in [-0.25, -0.2) is 4.79 Å². The maximum absolute atomic E-state index is 14.5. The zero-order chi connectivity index (χ0) is 52.7. The van der Waals surface area contributed by atoms with Crippen molar-refractivity contribution in [3.8, 4) is 0 Å². The number of carbonyl (C=O) groups is 7. The van der Waals surface area contributed by atoms with Crippen LogP contribution in [0.25, 0.3) is 0 Å². The highest BCUT2D eigenvalue weighted by molar-refractivity contribution is 6.39. The van der Waals surface area contributed by atoms with E-state index in [1.54, 1.807) is 40.9 Å². The van der Waals surface area contributed by atoms with Crippen LogP contribution in [0, 0.1) is 41.4 Å². The number of aliphatic hydroxyl groups excluding tert-OH is 1. The van der Waals surface area contributed by atoms with Gasteiger partial charge in [0.05, 0.1) is 37.3 Å². The molecule has 0 spiro atoms. The van der Waals surface area contributed by atoms with Gasteiger partial charge in [-0.05, 0) is 107 Å². The number of carbonyl (C=O) groups excluding carboxylic acids is 6. The number of ketones is 3. The number of Topliss-reactive ketones (excluding diaryl/α,β-unsaturated/α-hetero) is 3. The van der Waals surface area contributed by atoms with Crippen LogP contribution in [0.15, 0.2) is 47.6 Å². The number of hydrogen-bond donors (Lipinski definition) is 3. The molecule has 16 nitrogen and oxygen atoms in total. The van der Waals surface area contributed by atoms with Gasteiger partial charge in [0.15, 0.2) is 0 Å². The van der Waals surface area contributed by atoms with Crippen LogP contribution in [0.2, 0.25) is 0 Å². The number of carboxylic acids is 1. The number of methoxy groups -OCH3 is 2. The van der Waals surface area contributed by atoms with Gasteiger partial charge in [0.1, 0.15) is 29.8 Å². The summed E-state index contributed by atoms with van der Waals surface area (Å²) in [6, 6.07) is -1.18. The van der Waals surface area contributed by atoms with Crippen molar-refractivity contribution in [2.45, 2.75) is 194 Å². The van der Waals surface area contributed by atoms with E-state index in [2.05, 4.69) is 0 Å². The zero-order valence-electron chi connectivity index (χ0n) is 43.8. The summed E-state index contributed by atoms with van der Waals surface area (Å²) in [6.45, 7) is 14.4. The first-order valence-electron chi connectivity index (χ1n) is 25.9. The molecule has 2 bridgehead atoms. The smallest absolute Gasteiger partial charge is 0.329 e. The summed E-state index contributed by atoms with van der Waals surface area (Å²) >= 11 is 0. The predicted molar refractivity (Wildman–Crippen MR) is 264 cm³/mol. The van der Waals surface area contributed by atoms with E-state index in [1.807, 2.05) is 58.1 Å². The molecule has 398 valence electrons. The van der Waals surface area contributed by atoms with Gasteiger partial charge >= 0.3 is 17.9 Å². The van der Waals surface area contributed by atoms with Crippen LogP contribution in [0.4, 0.5) is 0 Å². The standard InChI is InChI=1S/C55H83NO15/c1-32-16-12-11-13-17-33(2)45(67-9)30-41-21-19-38(7)55(66,71-41)52(63)53(64)56-25-15-14-18-42(56)54(65)70-46(31-43(57)34(3)27-37(6)51(62)39(8)50(61)36(5)26-32)35(4)28-40-20-22-44(47(29-40)68-10)69-49(60)24-23-48(58)59/h11-13,16-17,27,32,34-36,38-42,44-47,51,62,66H,14-15,18-26,28-31H2,1-10H3,(H,58,59)/b13-11+,16-12+,33-17+,37-27+/t32-,34-,35-,36-,38-,39+,40+,41+,42+,44-,45+,46+,47-,51-,55-/m1/s1. The van der Waals surface area contributed by atoms with Gasteiger partial charge in [0, 0.05) is 57.3 Å². The first-order valence-corrected chi connectivity index (χ1v) is 25.9. The van der Waals surface area contributed by atoms with Crippen molar-refractivity contribution in [1.82, 2.24) is 4.90 Å². The molecule has 71 heavy (non-hydrogen) atoms. The maximum Gasteiger partial charge on any atom is 0.329 e. The van der Waals surface area contributed by atoms with Crippen LogP contribution in [0.5, 0.6) is 0 Å². The Bertz CT molecular complexity index is 1990. The first kappa shape index (κ1) is 59.2. The number of carboxylic acid groups (broad SMARTS) is 1. The minimum atomic E-state index is -2.46. The largest absolute Gasteiger partial charge is 0.481 e. The van der Waals surface area contributed by atoms with E-state index in [0.717, 1.165) is 5.57 Å². The van der Waals surface area contributed by atoms with Crippen molar-refractivity contribution >= 4 is 41.2 Å². The molecule has 3 heterocycles. The Kier molecular flexibility index (Phi) is 23.0. The molecule has 0 aromatic carbocycles. The van der Waals surface area contributed by atoms with Crippen LogP contribution in [0.3, 0.4) is 0 Å². The van der Waals surface area contributed by atoms with Gasteiger partial charge < -0.3 is 43.9 Å². The van der Waals surface area contributed by atoms with E-state index in [1.165, 1.54) is 12.0 Å². The summed E-state index contributed by atoms with van der Waals surface area (Å²) in [5, 5.41) is 32.4. The van der Waals surface area contributed by atoms with Gasteiger partial charge in [0.25, 0.3) is 11.7 Å². The predicted octanol–water partition coefficient (Wildman–Crippen LogP) is 7.22. The van der Waals surface area contributed by atoms with E-state index in [4.69, 9.17) is 28.8 Å². The van der Waals surface area contributed by atoms with Crippen molar-refractivity contribution in [2.24, 2.45) is 41.4 Å². The molecule has 3 fully saturated rings. The fraction of sp³-hybridized carbons (Fsp3) is 0.727. The van der Waals surface area contributed by atoms with Crippen LogP contribution in [-0.4, -0.2) is 131 Å². The number of aliphatic carboxylic acids is 1. The third-order valence-electron chi connectivity index (χ3n) is 15.4. The quantitative estimate of drug-likeness (QED) is 0.118. The summed E-state index contributed by atoms with van der Waals surface area (Å²) < 4.78 is 29.6. The number of cyclic esters (lactones) is 1. The molecule has 0 aromatic heterocycles. The minimum Gasteiger partial charge on any atom is -0.481 e. The third kappa shape index (κ3) is 16.6. The average molecular weight is 998 g/mol. The molecule has 0 radical (unpaired) electrons. The average Bonchev–Trinajstić information content (AvgIpc) is 3.34. The lowest BCUT2D eigenvalue weighted by Crippen LogP contribution is -2.61. The lowest BCUT2D eigenvalue weighted by atomic mass is 9.78. The van der Waals surface area contributed by atoms with Gasteiger partial charge in [-0.3, -0.25) is 28.8 Å². The number of amides is 1. The Balaban J connectivity index is 1.67. The Hall–Kier alpha value is -4.35. The molecule has 0 unspecified atom stereocenters. The Morgan fingerprint density at radius 2 is 1.58 bits per heavy atom. The third-order valence-corrected chi connectivity index (χ3v) is 15.4. The van der Waals surface area contributed by atoms with Crippen molar-refractivity contribution in [2.75, 3.05) is 20.8 Å². The summed E-state index contributed by atoms with van der Waals surface area (Å²) in [5.41, 5.74) is 1.33. The van der Waals surface area contributed by atoms with E-state index < -0.39 is 102 Å². The van der Waals surface area contributed by atoms with Crippen LogP contribution in [0.1, 0.15) is 145 Å². The fourth-order valence-corrected chi connectivity index (χ4v) is 10.7. The summed E-state index contributed by atoms with van der Waals surface area (Å²) in [6.07, 6.45) is 11.2. The molecule has 3 aliphatic heterocycles. The van der Waals surface area contributed by atoms with E-state index in [-0.39, 0.29) is 61.5 Å². The molecular formula is C55H83NO15. The Labute approximate surface area is 421 Å². The summed E-state index contributed by atoms with van der Waals surface area (Å²) in [7, 11) is 3.08. The number of hydrogen-bond acceptors (Lipinski definition) is 14. The van der Waals surface area contributed by atoms with Gasteiger partial charge in [0.2, 0.25) is 5.79 Å². The van der Waals surface area contributed by atoms with Crippen molar-refractivity contribution in [1.29, 1.82) is 0 Å². The lowest BCUT2D eigenvalue weighted by Gasteiger charge is -2.42. The highest BCUT2D eigenvalue weighted by Gasteiger charge is 2.53. The molecule has 15 atom stereocenters. The second-order valence-corrected chi connectivity index (χ2v) is 21.1. The van der Waals surface area contributed by atoms with Crippen molar-refractivity contribution in [3.05, 3.63) is 47.6 Å². The van der Waals surface area contributed by atoms with Crippen molar-refractivity contribution in [3.63, 3.8) is 0 Å². The van der Waals surface area contributed by atoms with Crippen LogP contribution in [-0.2, 0) is 57.2 Å². The highest BCUT2D eigenvalue weighted by Crippen LogP contribution is 2.38. The zero-order valence-corrected chi connectivity index (χ0v) is 43.8. The molecular weight excluding hydrogens is 915 g/mol. The molecule has 3 N–H and O–H groups in total. The Morgan fingerprint density at radius 3 is 2.25 bits per heavy atom. The van der Waals surface area contributed by atoms with Crippen molar-refractivity contribution < 1.29 is 72.6 Å². The van der Waals surface area contributed by atoms with Gasteiger partial charge in [-0.15, -0.1) is 0 Å². The number of piperidine rings is 1. The molecule has 1 amide bonds. The molecule has 2 saturated heterocycles. The number of esters is 2. The number of nitrogens with zero attached hydrogens (tertiary/aromatic N) is 1. The van der Waals surface area contributed by atoms with Crippen LogP contribution < -0.4 is 0 Å². The normalized spacial score (nSPS) is 37.8. The fourth-order valence-electron chi connectivity index (χ4n) is 10.7. The number of fused-ring (bicyclic) bond motifs is 3. The van der Waals surface area contributed by atoms with E-state index in [0.29, 0.717) is 69.8 Å². The second-order valence-electron chi connectivity index (χ2n) is 21.1. The summed E-state index contributed by atoms with van der Waals surface area (Å²) in [5.74, 6) is -10.5. The SMILES string of the molecule is CO[C@H]1C[C@@H]2CC[C@@H](C)[C@@](O)(O2)C(=O)C(=O)N2CCCC[C@H]2C(=O)O[C@H]([C@H](C)C[C@@H]2CC[C@@H](OC(=O)CCC(=O)O)[C@H](OC)C2)CC(=O)[C@H](C)/C=C(\C)[C@@H](O)[C@@H](C)C(=O)[C@H](C)C[C@H](C)/C=C/C=C/C=C/1C. The number of allylic oxidation sites excluding steroid dienone is 6.